The van der Waals surface area contributed by atoms with Gasteiger partial charge in [-0.1, -0.05) is 0 Å². The van der Waals surface area contributed by atoms with Gasteiger partial charge in [0, 0.05) is 0 Å². The summed E-state index contributed by atoms with van der Waals surface area (Å²) in [5.74, 6) is 0. The second-order valence-corrected chi connectivity index (χ2v) is 2.65. The van der Waals surface area contributed by atoms with Crippen molar-refractivity contribution in [2.24, 2.45) is 0 Å². The van der Waals surface area contributed by atoms with Crippen molar-refractivity contribution >= 4 is 0 Å². The van der Waals surface area contributed by atoms with Gasteiger partial charge in [-0.25, -0.2) is 0 Å². The van der Waals surface area contributed by atoms with E-state index < -0.39 is 0 Å². The molecule has 1 nitrogen and oxygen atoms in total. The Morgan fingerprint density at radius 3 is 1.50 bits per heavy atom. The van der Waals surface area contributed by atoms with Gasteiger partial charge in [-0.2, -0.15) is 0 Å². The van der Waals surface area contributed by atoms with Crippen molar-refractivity contribution in [1.29, 1.82) is 0 Å². The molecule has 0 aliphatic heterocycles. The van der Waals surface area contributed by atoms with Gasteiger partial charge in [-0.05, 0) is 0 Å². The van der Waals surface area contributed by atoms with Gasteiger partial charge in [0.25, 0.3) is 0 Å². The Kier molecular flexibility index (Phi) is 2.37. The van der Waals surface area contributed by atoms with Gasteiger partial charge < -0.3 is 0 Å². The topological polar surface area (TPSA) is 9.23 Å². The fraction of sp³-hybridized carbons (Fsp3) is 1.00. The van der Waals surface area contributed by atoms with Crippen LogP contribution in [-0.4, -0.2) is 5.60 Å². The van der Waals surface area contributed by atoms with Gasteiger partial charge in [0.15, 0.2) is 0 Å². The summed E-state index contributed by atoms with van der Waals surface area (Å²) in [6.45, 7) is 6.10. The van der Waals surface area contributed by atoms with E-state index in [2.05, 4.69) is 0 Å². The van der Waals surface area contributed by atoms with Crippen molar-refractivity contribution < 1.29 is 24.7 Å². The third-order valence-corrected chi connectivity index (χ3v) is 1.62. The van der Waals surface area contributed by atoms with Crippen LogP contribution in [0.25, 0.3) is 0 Å². The third kappa shape index (κ3) is 4.70. The van der Waals surface area contributed by atoms with E-state index in [4.69, 9.17) is 3.24 Å². The SMILES string of the molecule is CC(C)(C)[O][Nb]. The molecule has 0 heterocycles. The monoisotopic (exact) mass is 166 g/mol. The van der Waals surface area contributed by atoms with E-state index in [0.29, 0.717) is 0 Å². The zero-order valence-electron chi connectivity index (χ0n) is 4.36. The van der Waals surface area contributed by atoms with Crippen molar-refractivity contribution in [1.82, 2.24) is 0 Å². The van der Waals surface area contributed by atoms with Crippen LogP contribution in [0.1, 0.15) is 20.8 Å². The molecule has 0 spiro atoms. The summed E-state index contributed by atoms with van der Waals surface area (Å²) in [6.07, 6.45) is 0. The van der Waals surface area contributed by atoms with Crippen LogP contribution in [-0.2, 0) is 24.7 Å². The molecule has 0 aliphatic carbocycles. The van der Waals surface area contributed by atoms with Crippen molar-refractivity contribution in [3.8, 4) is 0 Å². The molecule has 0 fully saturated rings. The molecule has 0 radical (unpaired) electrons. The number of rotatable bonds is 0. The van der Waals surface area contributed by atoms with Crippen molar-refractivity contribution in [3.63, 3.8) is 0 Å². The zero-order chi connectivity index (χ0) is 5.21. The van der Waals surface area contributed by atoms with E-state index in [0.717, 1.165) is 0 Å². The van der Waals surface area contributed by atoms with Crippen LogP contribution in [0.2, 0.25) is 0 Å². The predicted molar refractivity (Wildman–Crippen MR) is 20.8 cm³/mol. The molecule has 0 N–H and O–H groups in total. The molecule has 0 atom stereocenters. The quantitative estimate of drug-likeness (QED) is 0.492. The van der Waals surface area contributed by atoms with Gasteiger partial charge in [0.05, 0.1) is 0 Å². The van der Waals surface area contributed by atoms with Crippen LogP contribution < -0.4 is 0 Å². The normalized spacial score (nSPS) is 11.8. The molecule has 0 saturated heterocycles. The van der Waals surface area contributed by atoms with E-state index in [1.54, 1.807) is 0 Å². The molecule has 0 unspecified atom stereocenters. The second kappa shape index (κ2) is 2.12. The fourth-order valence-corrected chi connectivity index (χ4v) is 0. The van der Waals surface area contributed by atoms with Crippen LogP contribution >= 0.6 is 0 Å². The molecule has 0 rings (SSSR count). The first kappa shape index (κ1) is 6.70. The number of hydrogen-bond donors (Lipinski definition) is 0. The minimum absolute atomic E-state index is 0.0639. The molecular weight excluding hydrogens is 157 g/mol. The molecule has 0 aromatic heterocycles. The second-order valence-electron chi connectivity index (χ2n) is 2.20. The Bertz CT molecular complexity index is 37.3. The summed E-state index contributed by atoms with van der Waals surface area (Å²) in [5, 5.41) is 0. The van der Waals surface area contributed by atoms with Gasteiger partial charge in [-0.3, -0.25) is 0 Å². The van der Waals surface area contributed by atoms with Gasteiger partial charge in [0.1, 0.15) is 0 Å². The van der Waals surface area contributed by atoms with E-state index in [9.17, 15) is 0 Å². The molecule has 0 bridgehead atoms. The summed E-state index contributed by atoms with van der Waals surface area (Å²) in [4.78, 5) is 0. The van der Waals surface area contributed by atoms with Crippen LogP contribution in [0.5, 0.6) is 0 Å². The van der Waals surface area contributed by atoms with Crippen molar-refractivity contribution in [2.75, 3.05) is 0 Å². The molecule has 2 heteroatoms. The van der Waals surface area contributed by atoms with Gasteiger partial charge in [-0.15, -0.1) is 0 Å². The average Bonchev–Trinajstić information content (AvgIpc) is 1.35. The van der Waals surface area contributed by atoms with E-state index >= 15 is 0 Å². The van der Waals surface area contributed by atoms with Crippen molar-refractivity contribution in [3.05, 3.63) is 0 Å². The van der Waals surface area contributed by atoms with Crippen LogP contribution in [0.3, 0.4) is 0 Å². The predicted octanol–water partition coefficient (Wildman–Crippen LogP) is 1.26. The first-order valence-corrected chi connectivity index (χ1v) is 2.78. The van der Waals surface area contributed by atoms with Crippen LogP contribution in [0.15, 0.2) is 0 Å². The summed E-state index contributed by atoms with van der Waals surface area (Å²) in [5.41, 5.74) is 0.0639. The summed E-state index contributed by atoms with van der Waals surface area (Å²) in [6, 6.07) is 0. The van der Waals surface area contributed by atoms with Crippen LogP contribution in [0.4, 0.5) is 0 Å². The van der Waals surface area contributed by atoms with E-state index in [1.807, 2.05) is 20.8 Å². The standard InChI is InChI=1S/C4H9O.Nb/c1-4(2,3)5;/h1-3H3;/q-1;+1. The average molecular weight is 166 g/mol. The van der Waals surface area contributed by atoms with E-state index in [1.165, 1.54) is 21.5 Å². The minimum atomic E-state index is 0.0639. The Labute approximate surface area is 51.5 Å². The molecule has 6 heavy (non-hydrogen) atoms. The first-order valence-electron chi connectivity index (χ1n) is 1.89. The molecule has 0 aliphatic rings. The number of hydrogen-bond acceptors (Lipinski definition) is 1. The molecule has 0 amide bonds. The van der Waals surface area contributed by atoms with Crippen LogP contribution in [0, 0.1) is 0 Å². The fourth-order valence-electron chi connectivity index (χ4n) is 0. The Morgan fingerprint density at radius 1 is 1.33 bits per heavy atom. The molecule has 0 aromatic rings. The molecule has 0 saturated carbocycles. The molecule has 36 valence electrons. The van der Waals surface area contributed by atoms with Gasteiger partial charge >= 0.3 is 51.1 Å². The summed E-state index contributed by atoms with van der Waals surface area (Å²) >= 11 is 1.40. The maximum atomic E-state index is 4.99. The Hall–Kier alpha value is 0.700. The zero-order valence-corrected chi connectivity index (χ0v) is 6.55. The van der Waals surface area contributed by atoms with Crippen molar-refractivity contribution in [2.45, 2.75) is 26.4 Å². The Morgan fingerprint density at radius 2 is 1.50 bits per heavy atom. The third-order valence-electron chi connectivity index (χ3n) is 0.274. The summed E-state index contributed by atoms with van der Waals surface area (Å²) < 4.78 is 4.99. The van der Waals surface area contributed by atoms with Gasteiger partial charge in [0.2, 0.25) is 0 Å². The maximum absolute atomic E-state index is 4.99. The first-order chi connectivity index (χ1) is 2.56. The molecule has 0 aromatic carbocycles. The summed E-state index contributed by atoms with van der Waals surface area (Å²) in [7, 11) is 0. The van der Waals surface area contributed by atoms with E-state index in [-0.39, 0.29) is 5.60 Å². The Balaban J connectivity index is 3.17. The molecular formula is C4H9NbO.